The van der Waals surface area contributed by atoms with Gasteiger partial charge in [-0.25, -0.2) is 4.79 Å². The Kier molecular flexibility index (Phi) is 38.2. The van der Waals surface area contributed by atoms with Crippen LogP contribution in [0, 0.1) is 5.92 Å². The summed E-state index contributed by atoms with van der Waals surface area (Å²) in [6.45, 7) is 5.67. The molecule has 0 bridgehead atoms. The Balaban J connectivity index is 3.65. The van der Waals surface area contributed by atoms with Crippen molar-refractivity contribution in [3.63, 3.8) is 0 Å². The lowest BCUT2D eigenvalue weighted by atomic mass is 10.0. The van der Waals surface area contributed by atoms with Crippen LogP contribution in [0.25, 0.3) is 0 Å². The summed E-state index contributed by atoms with van der Waals surface area (Å²) < 4.78 is 21.3. The van der Waals surface area contributed by atoms with E-state index < -0.39 is 18.0 Å². The lowest BCUT2D eigenvalue weighted by Crippen LogP contribution is -2.41. The fourth-order valence-corrected chi connectivity index (χ4v) is 5.97. The standard InChI is InChI=1S/C43H78N4O13/c1-35(36(2)48)19-17-18-24-44-40(51)33-59-31-30-58-28-26-46-41(52)34-60-32-29-57-27-25-45-38(49)23-22-37(43(55)56)47-39(50)20-15-13-11-9-7-5-3-4-6-8-10-12-14-16-21-42(53)54/h35,37H,3-34H2,1-2H3,(H,44,51)(H,45,49)(H,46,52)(H,47,50)(H,53,54)(H,55,56)/t35-,37-/m0/s1. The fourth-order valence-electron chi connectivity index (χ4n) is 5.97. The van der Waals surface area contributed by atoms with Gasteiger partial charge in [0.05, 0.1) is 39.6 Å². The highest BCUT2D eigenvalue weighted by atomic mass is 16.5. The number of unbranched alkanes of at least 4 members (excludes halogenated alkanes) is 14. The summed E-state index contributed by atoms with van der Waals surface area (Å²) in [6.07, 6.45) is 18.0. The third kappa shape index (κ3) is 39.8. The predicted molar refractivity (Wildman–Crippen MR) is 226 cm³/mol. The topological polar surface area (TPSA) is 245 Å². The Morgan fingerprint density at radius 3 is 1.35 bits per heavy atom. The molecular formula is C43H78N4O13. The number of carbonyl (C=O) groups is 7. The number of rotatable bonds is 44. The van der Waals surface area contributed by atoms with Crippen molar-refractivity contribution in [3.8, 4) is 0 Å². The van der Waals surface area contributed by atoms with Gasteiger partial charge in [0.15, 0.2) is 0 Å². The maximum absolute atomic E-state index is 12.3. The monoisotopic (exact) mass is 859 g/mol. The zero-order valence-electron chi connectivity index (χ0n) is 36.7. The maximum atomic E-state index is 12.3. The van der Waals surface area contributed by atoms with Gasteiger partial charge in [-0.2, -0.15) is 0 Å². The number of carboxylic acid groups (broad SMARTS) is 2. The van der Waals surface area contributed by atoms with Crippen molar-refractivity contribution in [1.29, 1.82) is 0 Å². The van der Waals surface area contributed by atoms with Crippen molar-refractivity contribution < 1.29 is 62.7 Å². The van der Waals surface area contributed by atoms with Crippen LogP contribution in [0.3, 0.4) is 0 Å². The van der Waals surface area contributed by atoms with Gasteiger partial charge in [0.25, 0.3) is 0 Å². The molecule has 0 saturated carbocycles. The highest BCUT2D eigenvalue weighted by molar-refractivity contribution is 5.84. The molecule has 0 aromatic carbocycles. The molecule has 2 atom stereocenters. The SMILES string of the molecule is CC(=O)[C@@H](C)CCCCNC(=O)COCCOCCNC(=O)COCCOCCNC(=O)CC[C@H](NC(=O)CCCCCCCCCCCCCCCCC(=O)O)C(=O)O. The van der Waals surface area contributed by atoms with Crippen LogP contribution >= 0.6 is 0 Å². The van der Waals surface area contributed by atoms with E-state index in [1.54, 1.807) is 6.92 Å². The van der Waals surface area contributed by atoms with Gasteiger partial charge in [-0.1, -0.05) is 90.4 Å². The van der Waals surface area contributed by atoms with E-state index in [9.17, 15) is 38.7 Å². The van der Waals surface area contributed by atoms with Crippen LogP contribution < -0.4 is 21.3 Å². The predicted octanol–water partition coefficient (Wildman–Crippen LogP) is 4.47. The van der Waals surface area contributed by atoms with Crippen molar-refractivity contribution in [3.05, 3.63) is 0 Å². The number of Topliss-reactive ketones (excluding diaryl/α,β-unsaturated/α-hetero) is 1. The van der Waals surface area contributed by atoms with E-state index in [4.69, 9.17) is 24.1 Å². The number of hydrogen-bond acceptors (Lipinski definition) is 11. The average Bonchev–Trinajstić information content (AvgIpc) is 3.20. The first-order chi connectivity index (χ1) is 28.9. The molecular weight excluding hydrogens is 780 g/mol. The second-order valence-electron chi connectivity index (χ2n) is 15.2. The Labute approximate surface area is 357 Å². The highest BCUT2D eigenvalue weighted by Gasteiger charge is 2.21. The van der Waals surface area contributed by atoms with Crippen molar-refractivity contribution in [1.82, 2.24) is 21.3 Å². The van der Waals surface area contributed by atoms with Crippen LogP contribution in [0.1, 0.15) is 149 Å². The van der Waals surface area contributed by atoms with Crippen molar-refractivity contribution >= 4 is 41.4 Å². The minimum Gasteiger partial charge on any atom is -0.481 e. The number of ether oxygens (including phenoxy) is 4. The van der Waals surface area contributed by atoms with Gasteiger partial charge in [-0.3, -0.25) is 28.8 Å². The maximum Gasteiger partial charge on any atom is 0.326 e. The average molecular weight is 859 g/mol. The minimum absolute atomic E-state index is 0.0245. The molecule has 348 valence electrons. The summed E-state index contributed by atoms with van der Waals surface area (Å²) >= 11 is 0. The number of carbonyl (C=O) groups excluding carboxylic acids is 5. The summed E-state index contributed by atoms with van der Waals surface area (Å²) in [7, 11) is 0. The van der Waals surface area contributed by atoms with Crippen LogP contribution in [-0.2, 0) is 52.5 Å². The summed E-state index contributed by atoms with van der Waals surface area (Å²) in [5.74, 6) is -2.87. The summed E-state index contributed by atoms with van der Waals surface area (Å²) in [6, 6.07) is -1.14. The lowest BCUT2D eigenvalue weighted by Gasteiger charge is -2.14. The molecule has 4 amide bonds. The number of ketones is 1. The second kappa shape index (κ2) is 40.7. The summed E-state index contributed by atoms with van der Waals surface area (Å²) in [5.41, 5.74) is 0. The zero-order chi connectivity index (χ0) is 44.5. The summed E-state index contributed by atoms with van der Waals surface area (Å²) in [5, 5.41) is 28.8. The molecule has 17 heteroatoms. The van der Waals surface area contributed by atoms with Gasteiger partial charge in [0.1, 0.15) is 25.0 Å². The molecule has 60 heavy (non-hydrogen) atoms. The van der Waals surface area contributed by atoms with Crippen molar-refractivity contribution in [2.75, 3.05) is 72.5 Å². The number of amides is 4. The van der Waals surface area contributed by atoms with Gasteiger partial charge < -0.3 is 50.4 Å². The van der Waals surface area contributed by atoms with E-state index in [0.717, 1.165) is 57.8 Å². The third-order valence-electron chi connectivity index (χ3n) is 9.77. The van der Waals surface area contributed by atoms with Gasteiger partial charge in [-0.15, -0.1) is 0 Å². The molecule has 0 fully saturated rings. The molecule has 0 aromatic rings. The summed E-state index contributed by atoms with van der Waals surface area (Å²) in [4.78, 5) is 81.6. The molecule has 0 unspecified atom stereocenters. The first-order valence-electron chi connectivity index (χ1n) is 22.3. The Morgan fingerprint density at radius 1 is 0.450 bits per heavy atom. The number of hydrogen-bond donors (Lipinski definition) is 6. The van der Waals surface area contributed by atoms with E-state index in [1.165, 1.54) is 44.9 Å². The highest BCUT2D eigenvalue weighted by Crippen LogP contribution is 2.14. The van der Waals surface area contributed by atoms with E-state index in [-0.39, 0.29) is 127 Å². The van der Waals surface area contributed by atoms with Crippen molar-refractivity contribution in [2.24, 2.45) is 5.92 Å². The Hall–Kier alpha value is -3.67. The van der Waals surface area contributed by atoms with E-state index in [0.29, 0.717) is 13.0 Å². The minimum atomic E-state index is -1.18. The van der Waals surface area contributed by atoms with Gasteiger partial charge in [0.2, 0.25) is 23.6 Å². The normalized spacial score (nSPS) is 12.0. The molecule has 0 aliphatic heterocycles. The van der Waals surface area contributed by atoms with Crippen LogP contribution in [0.15, 0.2) is 0 Å². The molecule has 0 aromatic heterocycles. The first kappa shape index (κ1) is 56.3. The molecule has 0 radical (unpaired) electrons. The smallest absolute Gasteiger partial charge is 0.326 e. The van der Waals surface area contributed by atoms with E-state index in [2.05, 4.69) is 21.3 Å². The van der Waals surface area contributed by atoms with Crippen LogP contribution in [-0.4, -0.2) is 130 Å². The van der Waals surface area contributed by atoms with Gasteiger partial charge in [-0.05, 0) is 39.0 Å². The Morgan fingerprint density at radius 2 is 0.883 bits per heavy atom. The van der Waals surface area contributed by atoms with Crippen molar-refractivity contribution in [2.45, 2.75) is 155 Å². The van der Waals surface area contributed by atoms with Crippen LogP contribution in [0.2, 0.25) is 0 Å². The molecule has 6 N–H and O–H groups in total. The molecule has 0 heterocycles. The third-order valence-corrected chi connectivity index (χ3v) is 9.77. The quantitative estimate of drug-likeness (QED) is 0.0464. The molecule has 0 spiro atoms. The number of carboxylic acids is 2. The Bertz CT molecular complexity index is 1170. The number of nitrogens with one attached hydrogen (secondary N) is 4. The zero-order valence-corrected chi connectivity index (χ0v) is 36.7. The second-order valence-corrected chi connectivity index (χ2v) is 15.2. The van der Waals surface area contributed by atoms with Crippen LogP contribution in [0.5, 0.6) is 0 Å². The van der Waals surface area contributed by atoms with Gasteiger partial charge in [0, 0.05) is 44.8 Å². The molecule has 0 rings (SSSR count). The lowest BCUT2D eigenvalue weighted by molar-refractivity contribution is -0.142. The molecule has 0 aliphatic rings. The molecule has 0 saturated heterocycles. The fraction of sp³-hybridized carbons (Fsp3) is 0.837. The largest absolute Gasteiger partial charge is 0.481 e. The van der Waals surface area contributed by atoms with Crippen LogP contribution in [0.4, 0.5) is 0 Å². The van der Waals surface area contributed by atoms with E-state index >= 15 is 0 Å². The molecule has 17 nitrogen and oxygen atoms in total. The molecule has 0 aliphatic carbocycles. The number of aliphatic carboxylic acids is 2. The first-order valence-corrected chi connectivity index (χ1v) is 22.3. The van der Waals surface area contributed by atoms with Gasteiger partial charge >= 0.3 is 11.9 Å². The van der Waals surface area contributed by atoms with E-state index in [1.807, 2.05) is 6.92 Å².